The van der Waals surface area contributed by atoms with Gasteiger partial charge in [-0.2, -0.15) is 0 Å². The summed E-state index contributed by atoms with van der Waals surface area (Å²) < 4.78 is 12.1. The van der Waals surface area contributed by atoms with E-state index in [1.54, 1.807) is 19.9 Å². The van der Waals surface area contributed by atoms with E-state index in [1.165, 1.54) is 6.92 Å². The van der Waals surface area contributed by atoms with E-state index in [0.29, 0.717) is 12.8 Å². The minimum atomic E-state index is -1.30. The van der Waals surface area contributed by atoms with Gasteiger partial charge in [-0.3, -0.25) is 9.59 Å². The van der Waals surface area contributed by atoms with Gasteiger partial charge in [0.15, 0.2) is 6.10 Å². The molecule has 0 aromatic carbocycles. The van der Waals surface area contributed by atoms with Crippen molar-refractivity contribution in [3.05, 3.63) is 12.7 Å². The van der Waals surface area contributed by atoms with E-state index in [4.69, 9.17) is 9.47 Å². The number of hydrogen-bond donors (Lipinski definition) is 2. The van der Waals surface area contributed by atoms with E-state index in [2.05, 4.69) is 20.4 Å². The fourth-order valence-corrected chi connectivity index (χ4v) is 6.95. The molecule has 2 saturated carbocycles. The molecule has 1 aliphatic heterocycles. The number of aliphatic hydroxyl groups is 2. The third-order valence-electron chi connectivity index (χ3n) is 8.90. The predicted octanol–water partition coefficient (Wildman–Crippen LogP) is 2.80. The lowest BCUT2D eigenvalue weighted by molar-refractivity contribution is -0.350. The van der Waals surface area contributed by atoms with Crippen molar-refractivity contribution < 1.29 is 29.3 Å². The molecule has 164 valence electrons. The van der Waals surface area contributed by atoms with Gasteiger partial charge in [-0.1, -0.05) is 33.8 Å². The van der Waals surface area contributed by atoms with Gasteiger partial charge >= 0.3 is 5.97 Å². The van der Waals surface area contributed by atoms with Crippen LogP contribution in [0.1, 0.15) is 67.7 Å². The Kier molecular flexibility index (Phi) is 4.94. The molecule has 29 heavy (non-hydrogen) atoms. The number of hydrogen-bond acceptors (Lipinski definition) is 6. The van der Waals surface area contributed by atoms with Gasteiger partial charge in [0, 0.05) is 24.2 Å². The summed E-state index contributed by atoms with van der Waals surface area (Å²) in [5.74, 6) is -1.34. The fraction of sp³-hybridized carbons (Fsp3) is 0.826. The Bertz CT molecular complexity index is 746. The van der Waals surface area contributed by atoms with Crippen LogP contribution in [-0.2, 0) is 19.1 Å². The van der Waals surface area contributed by atoms with Crippen LogP contribution in [0.15, 0.2) is 12.7 Å². The smallest absolute Gasteiger partial charge is 0.303 e. The average molecular weight is 409 g/mol. The van der Waals surface area contributed by atoms with E-state index in [1.807, 2.05) is 13.8 Å². The molecule has 1 saturated heterocycles. The second kappa shape index (κ2) is 6.38. The number of esters is 1. The first kappa shape index (κ1) is 22.4. The summed E-state index contributed by atoms with van der Waals surface area (Å²) in [6.07, 6.45) is -0.0354. The highest BCUT2D eigenvalue weighted by atomic mass is 16.6. The highest BCUT2D eigenvalue weighted by Crippen LogP contribution is 2.71. The molecule has 0 spiro atoms. The lowest BCUT2D eigenvalue weighted by atomic mass is 9.35. The van der Waals surface area contributed by atoms with E-state index in [-0.39, 0.29) is 12.2 Å². The first-order valence-corrected chi connectivity index (χ1v) is 10.5. The minimum absolute atomic E-state index is 0.0596. The van der Waals surface area contributed by atoms with E-state index in [9.17, 15) is 19.8 Å². The van der Waals surface area contributed by atoms with Gasteiger partial charge in [0.25, 0.3) is 0 Å². The zero-order valence-electron chi connectivity index (χ0n) is 18.7. The first-order chi connectivity index (χ1) is 13.1. The van der Waals surface area contributed by atoms with Gasteiger partial charge in [-0.15, -0.1) is 6.58 Å². The maximum Gasteiger partial charge on any atom is 0.303 e. The number of aliphatic hydroxyl groups excluding tert-OH is 2. The number of fused-ring (bicyclic) bond motifs is 3. The Balaban J connectivity index is 2.31. The number of ether oxygens (including phenoxy) is 2. The van der Waals surface area contributed by atoms with Gasteiger partial charge in [0.05, 0.1) is 17.6 Å². The molecule has 0 bridgehead atoms. The molecule has 0 amide bonds. The summed E-state index contributed by atoms with van der Waals surface area (Å²) in [6, 6.07) is 0. The first-order valence-electron chi connectivity index (χ1n) is 10.5. The number of ketones is 1. The number of Topliss-reactive ketones (excluding diaryl/α,β-unsaturated/α-hetero) is 1. The summed E-state index contributed by atoms with van der Waals surface area (Å²) >= 11 is 0. The van der Waals surface area contributed by atoms with E-state index in [0.717, 1.165) is 0 Å². The van der Waals surface area contributed by atoms with Crippen LogP contribution in [0.25, 0.3) is 0 Å². The van der Waals surface area contributed by atoms with Gasteiger partial charge in [0.1, 0.15) is 17.5 Å². The molecule has 3 aliphatic rings. The SMILES string of the molecule is C=CC1(C)CC(=O)C2[C@](C)(O1)[C@@H](OC(C)=O)[C@@H](O)[C@@]1(C)C(C)(C)CC[C@H](O)[C@]21C. The van der Waals surface area contributed by atoms with Crippen molar-refractivity contribution in [1.82, 2.24) is 0 Å². The van der Waals surface area contributed by atoms with Crippen molar-refractivity contribution >= 4 is 11.8 Å². The van der Waals surface area contributed by atoms with E-state index >= 15 is 0 Å². The van der Waals surface area contributed by atoms with Crippen LogP contribution < -0.4 is 0 Å². The molecule has 8 atom stereocenters. The number of carbonyl (C=O) groups is 2. The third kappa shape index (κ3) is 2.64. The minimum Gasteiger partial charge on any atom is -0.457 e. The maximum absolute atomic E-state index is 13.6. The Morgan fingerprint density at radius 2 is 1.79 bits per heavy atom. The summed E-state index contributed by atoms with van der Waals surface area (Å²) in [5.41, 5.74) is -4.49. The molecule has 6 heteroatoms. The quantitative estimate of drug-likeness (QED) is 0.539. The van der Waals surface area contributed by atoms with Gasteiger partial charge in [-0.25, -0.2) is 0 Å². The zero-order chi connectivity index (χ0) is 22.2. The van der Waals surface area contributed by atoms with Crippen LogP contribution in [-0.4, -0.2) is 51.5 Å². The van der Waals surface area contributed by atoms with Crippen molar-refractivity contribution in [1.29, 1.82) is 0 Å². The molecule has 0 aromatic heterocycles. The Morgan fingerprint density at radius 1 is 1.21 bits per heavy atom. The summed E-state index contributed by atoms with van der Waals surface area (Å²) in [7, 11) is 0. The van der Waals surface area contributed by atoms with Crippen molar-refractivity contribution in [2.45, 2.75) is 97.2 Å². The third-order valence-corrected chi connectivity index (χ3v) is 8.90. The summed E-state index contributed by atoms with van der Waals surface area (Å²) in [6.45, 7) is 16.5. The normalized spacial score (nSPS) is 51.6. The number of carbonyl (C=O) groups excluding carboxylic acids is 2. The molecule has 0 radical (unpaired) electrons. The van der Waals surface area contributed by atoms with Crippen LogP contribution in [0, 0.1) is 22.2 Å². The summed E-state index contributed by atoms with van der Waals surface area (Å²) in [4.78, 5) is 25.7. The number of rotatable bonds is 2. The predicted molar refractivity (Wildman–Crippen MR) is 108 cm³/mol. The summed E-state index contributed by atoms with van der Waals surface area (Å²) in [5, 5.41) is 23.0. The molecular formula is C23H36O6. The van der Waals surface area contributed by atoms with Crippen molar-refractivity contribution in [3.63, 3.8) is 0 Å². The Hall–Kier alpha value is -1.24. The van der Waals surface area contributed by atoms with Crippen LogP contribution in [0.2, 0.25) is 0 Å². The van der Waals surface area contributed by atoms with Gasteiger partial charge < -0.3 is 19.7 Å². The zero-order valence-corrected chi connectivity index (χ0v) is 18.7. The highest BCUT2D eigenvalue weighted by molar-refractivity contribution is 5.86. The molecule has 2 N–H and O–H groups in total. The standard InChI is InChI=1S/C23H36O6/c1-9-20(5)12-14(25)16-21(6)15(26)10-11-19(3,4)23(21,8)17(27)18(28-13(2)24)22(16,7)29-20/h9,15-18,26-27H,1,10-12H2,2-8H3/t15-,16?,17+,18-,20?,21+,22-,23-/m0/s1. The molecule has 0 aromatic rings. The van der Waals surface area contributed by atoms with Crippen molar-refractivity contribution in [2.75, 3.05) is 0 Å². The fourth-order valence-electron chi connectivity index (χ4n) is 6.95. The van der Waals surface area contributed by atoms with Crippen LogP contribution in [0.3, 0.4) is 0 Å². The average Bonchev–Trinajstić information content (AvgIpc) is 2.59. The van der Waals surface area contributed by atoms with Crippen LogP contribution in [0.4, 0.5) is 0 Å². The van der Waals surface area contributed by atoms with Crippen molar-refractivity contribution in [2.24, 2.45) is 22.2 Å². The molecule has 3 rings (SSSR count). The lowest BCUT2D eigenvalue weighted by Crippen LogP contribution is -2.81. The van der Waals surface area contributed by atoms with Gasteiger partial charge in [0.2, 0.25) is 0 Å². The second-order valence-corrected chi connectivity index (χ2v) is 10.8. The van der Waals surface area contributed by atoms with Gasteiger partial charge in [-0.05, 0) is 32.1 Å². The monoisotopic (exact) mass is 408 g/mol. The topological polar surface area (TPSA) is 93.1 Å². The largest absolute Gasteiger partial charge is 0.457 e. The molecule has 2 unspecified atom stereocenters. The lowest BCUT2D eigenvalue weighted by Gasteiger charge is -2.72. The Labute approximate surface area is 173 Å². The molecule has 3 fully saturated rings. The molecule has 6 nitrogen and oxygen atoms in total. The van der Waals surface area contributed by atoms with Crippen LogP contribution in [0.5, 0.6) is 0 Å². The Morgan fingerprint density at radius 3 is 2.31 bits per heavy atom. The van der Waals surface area contributed by atoms with Crippen molar-refractivity contribution in [3.8, 4) is 0 Å². The maximum atomic E-state index is 13.6. The van der Waals surface area contributed by atoms with E-state index < -0.39 is 57.6 Å². The molecular weight excluding hydrogens is 372 g/mol. The highest BCUT2D eigenvalue weighted by Gasteiger charge is 2.78. The van der Waals surface area contributed by atoms with Crippen LogP contribution >= 0.6 is 0 Å². The molecule has 2 aliphatic carbocycles. The second-order valence-electron chi connectivity index (χ2n) is 10.8. The molecule has 1 heterocycles.